The molecule has 0 atom stereocenters. The van der Waals surface area contributed by atoms with Gasteiger partial charge < -0.3 is 0 Å². The monoisotopic (exact) mass is 264 g/mol. The summed E-state index contributed by atoms with van der Waals surface area (Å²) < 4.78 is 0. The van der Waals surface area contributed by atoms with Crippen molar-refractivity contribution >= 4 is 34.2 Å². The molecule has 3 aromatic rings. The topological polar surface area (TPSA) is 54.5 Å². The maximum absolute atomic E-state index is 5.96. The molecule has 0 bridgehead atoms. The maximum Gasteiger partial charge on any atom is 0.224 e. The third-order valence-corrected chi connectivity index (χ3v) is 2.83. The zero-order valence-electron chi connectivity index (χ0n) is 8.48. The number of benzene rings is 1. The number of hydrogen-bond acceptors (Lipinski definition) is 3. The Labute approximate surface area is 107 Å². The highest BCUT2D eigenvalue weighted by Gasteiger charge is 2.13. The molecule has 1 aromatic carbocycles. The third-order valence-electron chi connectivity index (χ3n) is 2.39. The molecule has 0 spiro atoms. The molecule has 0 saturated heterocycles. The lowest BCUT2D eigenvalue weighted by Gasteiger charge is -1.97. The van der Waals surface area contributed by atoms with E-state index in [2.05, 4.69) is 20.2 Å². The first-order valence-corrected chi connectivity index (χ1v) is 5.64. The zero-order chi connectivity index (χ0) is 11.8. The summed E-state index contributed by atoms with van der Waals surface area (Å²) in [6, 6.07) is 9.69. The highest BCUT2D eigenvalue weighted by molar-refractivity contribution is 6.35. The van der Waals surface area contributed by atoms with Crippen molar-refractivity contribution in [1.29, 1.82) is 0 Å². The number of aromatic nitrogens is 4. The Bertz CT molecular complexity index is 679. The van der Waals surface area contributed by atoms with E-state index in [1.807, 2.05) is 30.3 Å². The SMILES string of the molecule is Clc1nc(Cl)c2[nH]nc(-c3ccccc3)c2n1. The van der Waals surface area contributed by atoms with Crippen LogP contribution in [-0.2, 0) is 0 Å². The van der Waals surface area contributed by atoms with Crippen LogP contribution in [0, 0.1) is 0 Å². The van der Waals surface area contributed by atoms with Crippen molar-refractivity contribution < 1.29 is 0 Å². The summed E-state index contributed by atoms with van der Waals surface area (Å²) in [7, 11) is 0. The van der Waals surface area contributed by atoms with Gasteiger partial charge in [0.25, 0.3) is 0 Å². The van der Waals surface area contributed by atoms with E-state index in [0.29, 0.717) is 16.7 Å². The molecule has 17 heavy (non-hydrogen) atoms. The Morgan fingerprint density at radius 3 is 2.53 bits per heavy atom. The van der Waals surface area contributed by atoms with E-state index in [1.54, 1.807) is 0 Å². The number of fused-ring (bicyclic) bond motifs is 1. The molecule has 84 valence electrons. The van der Waals surface area contributed by atoms with Crippen LogP contribution in [0.25, 0.3) is 22.3 Å². The molecule has 0 amide bonds. The summed E-state index contributed by atoms with van der Waals surface area (Å²) in [5.74, 6) is 0. The van der Waals surface area contributed by atoms with Crippen molar-refractivity contribution in [2.24, 2.45) is 0 Å². The van der Waals surface area contributed by atoms with Crippen molar-refractivity contribution in [3.05, 3.63) is 40.8 Å². The molecule has 0 aliphatic heterocycles. The minimum atomic E-state index is 0.112. The molecule has 0 aliphatic carbocycles. The second kappa shape index (κ2) is 3.98. The minimum absolute atomic E-state index is 0.112. The molecular formula is C11H6Cl2N4. The van der Waals surface area contributed by atoms with Gasteiger partial charge >= 0.3 is 0 Å². The van der Waals surface area contributed by atoms with E-state index in [4.69, 9.17) is 23.2 Å². The van der Waals surface area contributed by atoms with Crippen molar-refractivity contribution in [3.8, 4) is 11.3 Å². The predicted octanol–water partition coefficient (Wildman–Crippen LogP) is 3.33. The van der Waals surface area contributed by atoms with Gasteiger partial charge in [-0.15, -0.1) is 0 Å². The number of hydrogen-bond donors (Lipinski definition) is 1. The van der Waals surface area contributed by atoms with Gasteiger partial charge in [0.2, 0.25) is 5.28 Å². The number of H-pyrrole nitrogens is 1. The average Bonchev–Trinajstić information content (AvgIpc) is 2.74. The van der Waals surface area contributed by atoms with E-state index >= 15 is 0 Å². The van der Waals surface area contributed by atoms with Gasteiger partial charge in [0.15, 0.2) is 5.15 Å². The molecule has 6 heteroatoms. The normalized spacial score (nSPS) is 10.9. The Balaban J connectivity index is 2.32. The zero-order valence-corrected chi connectivity index (χ0v) is 10.00. The molecule has 2 heterocycles. The van der Waals surface area contributed by atoms with Crippen molar-refractivity contribution in [2.45, 2.75) is 0 Å². The number of rotatable bonds is 1. The first-order valence-electron chi connectivity index (χ1n) is 4.88. The van der Waals surface area contributed by atoms with E-state index in [1.165, 1.54) is 0 Å². The number of halogens is 2. The second-order valence-electron chi connectivity index (χ2n) is 3.45. The fourth-order valence-electron chi connectivity index (χ4n) is 1.64. The summed E-state index contributed by atoms with van der Waals surface area (Å²) in [5.41, 5.74) is 2.88. The van der Waals surface area contributed by atoms with Crippen LogP contribution in [-0.4, -0.2) is 20.2 Å². The van der Waals surface area contributed by atoms with Crippen LogP contribution in [0.3, 0.4) is 0 Å². The van der Waals surface area contributed by atoms with Crippen LogP contribution in [0.5, 0.6) is 0 Å². The number of nitrogens with zero attached hydrogens (tertiary/aromatic N) is 3. The number of nitrogens with one attached hydrogen (secondary N) is 1. The van der Waals surface area contributed by atoms with Crippen LogP contribution < -0.4 is 0 Å². The summed E-state index contributed by atoms with van der Waals surface area (Å²) in [4.78, 5) is 8.01. The summed E-state index contributed by atoms with van der Waals surface area (Å²) in [6.07, 6.45) is 0. The number of aromatic amines is 1. The fraction of sp³-hybridized carbons (Fsp3) is 0. The highest BCUT2D eigenvalue weighted by Crippen LogP contribution is 2.28. The van der Waals surface area contributed by atoms with Crippen molar-refractivity contribution in [1.82, 2.24) is 20.2 Å². The Kier molecular flexibility index (Phi) is 2.46. The van der Waals surface area contributed by atoms with Crippen LogP contribution in [0.2, 0.25) is 10.4 Å². The van der Waals surface area contributed by atoms with Crippen LogP contribution in [0.4, 0.5) is 0 Å². The van der Waals surface area contributed by atoms with Crippen molar-refractivity contribution in [3.63, 3.8) is 0 Å². The molecule has 1 N–H and O–H groups in total. The molecule has 0 fully saturated rings. The molecule has 3 rings (SSSR count). The van der Waals surface area contributed by atoms with E-state index < -0.39 is 0 Å². The molecule has 2 aromatic heterocycles. The standard InChI is InChI=1S/C11H6Cl2N4/c12-10-9-8(14-11(13)15-10)7(16-17-9)6-4-2-1-3-5-6/h1-5H,(H,16,17). The molecule has 4 nitrogen and oxygen atoms in total. The smallest absolute Gasteiger partial charge is 0.224 e. The summed E-state index contributed by atoms with van der Waals surface area (Å²) >= 11 is 11.7. The van der Waals surface area contributed by atoms with Gasteiger partial charge in [-0.05, 0) is 11.6 Å². The van der Waals surface area contributed by atoms with Gasteiger partial charge in [0.05, 0.1) is 0 Å². The van der Waals surface area contributed by atoms with Gasteiger partial charge in [-0.3, -0.25) is 5.10 Å². The minimum Gasteiger partial charge on any atom is -0.272 e. The highest BCUT2D eigenvalue weighted by atomic mass is 35.5. The molecule has 0 aliphatic rings. The second-order valence-corrected chi connectivity index (χ2v) is 4.14. The first-order chi connectivity index (χ1) is 8.25. The van der Waals surface area contributed by atoms with Crippen LogP contribution in [0.1, 0.15) is 0 Å². The lowest BCUT2D eigenvalue weighted by molar-refractivity contribution is 1.12. The van der Waals surface area contributed by atoms with E-state index in [-0.39, 0.29) is 10.4 Å². The quantitative estimate of drug-likeness (QED) is 0.542. The lowest BCUT2D eigenvalue weighted by atomic mass is 10.1. The van der Waals surface area contributed by atoms with E-state index in [0.717, 1.165) is 5.56 Å². The van der Waals surface area contributed by atoms with E-state index in [9.17, 15) is 0 Å². The summed E-state index contributed by atoms with van der Waals surface area (Å²) in [5, 5.41) is 7.40. The Morgan fingerprint density at radius 1 is 1.00 bits per heavy atom. The van der Waals surface area contributed by atoms with Gasteiger partial charge in [0, 0.05) is 5.56 Å². The fourth-order valence-corrected chi connectivity index (χ4v) is 2.06. The Hall–Kier alpha value is -1.65. The lowest BCUT2D eigenvalue weighted by Crippen LogP contribution is -1.85. The maximum atomic E-state index is 5.96. The van der Waals surface area contributed by atoms with Gasteiger partial charge in [-0.25, -0.2) is 9.97 Å². The van der Waals surface area contributed by atoms with Crippen LogP contribution >= 0.6 is 23.2 Å². The molecular weight excluding hydrogens is 259 g/mol. The van der Waals surface area contributed by atoms with Gasteiger partial charge in [-0.2, -0.15) is 5.10 Å². The van der Waals surface area contributed by atoms with Gasteiger partial charge in [-0.1, -0.05) is 41.9 Å². The van der Waals surface area contributed by atoms with Crippen molar-refractivity contribution in [2.75, 3.05) is 0 Å². The largest absolute Gasteiger partial charge is 0.272 e. The molecule has 0 saturated carbocycles. The summed E-state index contributed by atoms with van der Waals surface area (Å²) in [6.45, 7) is 0. The Morgan fingerprint density at radius 2 is 1.76 bits per heavy atom. The van der Waals surface area contributed by atoms with Crippen LogP contribution in [0.15, 0.2) is 30.3 Å². The predicted molar refractivity (Wildman–Crippen MR) is 67.1 cm³/mol. The molecule has 0 radical (unpaired) electrons. The average molecular weight is 265 g/mol. The van der Waals surface area contributed by atoms with Gasteiger partial charge in [0.1, 0.15) is 16.7 Å². The molecule has 0 unspecified atom stereocenters. The first kappa shape index (κ1) is 10.5. The third kappa shape index (κ3) is 1.75.